The van der Waals surface area contributed by atoms with Crippen molar-refractivity contribution in [1.29, 1.82) is 0 Å². The summed E-state index contributed by atoms with van der Waals surface area (Å²) in [6.07, 6.45) is 2.62. The third-order valence-electron chi connectivity index (χ3n) is 1.98. The van der Waals surface area contributed by atoms with E-state index >= 15 is 0 Å². The first-order chi connectivity index (χ1) is 6.06. The largest absolute Gasteiger partial charge is 0.330 e. The first kappa shape index (κ1) is 10.9. The van der Waals surface area contributed by atoms with E-state index in [0.29, 0.717) is 19.5 Å². The zero-order chi connectivity index (χ0) is 9.90. The van der Waals surface area contributed by atoms with Gasteiger partial charge in [-0.15, -0.1) is 0 Å². The highest BCUT2D eigenvalue weighted by atomic mass is 32.2. The van der Waals surface area contributed by atoms with Crippen molar-refractivity contribution in [2.24, 2.45) is 5.73 Å². The van der Waals surface area contributed by atoms with E-state index in [0.717, 1.165) is 12.8 Å². The summed E-state index contributed by atoms with van der Waals surface area (Å²) in [4.78, 5) is 0. The van der Waals surface area contributed by atoms with Gasteiger partial charge in [-0.1, -0.05) is 0 Å². The molecule has 0 spiro atoms. The van der Waals surface area contributed by atoms with Crippen LogP contribution in [0, 0.1) is 0 Å². The minimum Gasteiger partial charge on any atom is -0.330 e. The average molecular weight is 207 g/mol. The van der Waals surface area contributed by atoms with Crippen molar-refractivity contribution >= 4 is 10.2 Å². The van der Waals surface area contributed by atoms with Crippen molar-refractivity contribution in [3.8, 4) is 0 Å². The van der Waals surface area contributed by atoms with Crippen LogP contribution in [0.2, 0.25) is 0 Å². The highest BCUT2D eigenvalue weighted by Crippen LogP contribution is 2.20. The van der Waals surface area contributed by atoms with E-state index in [4.69, 9.17) is 5.73 Å². The van der Waals surface area contributed by atoms with Crippen LogP contribution in [-0.4, -0.2) is 38.9 Å². The second-order valence-electron chi connectivity index (χ2n) is 3.36. The molecule has 1 saturated carbocycles. The molecule has 0 heterocycles. The molecule has 5 nitrogen and oxygen atoms in total. The van der Waals surface area contributed by atoms with E-state index in [1.165, 1.54) is 4.31 Å². The summed E-state index contributed by atoms with van der Waals surface area (Å²) >= 11 is 0. The zero-order valence-electron chi connectivity index (χ0n) is 7.86. The fourth-order valence-corrected chi connectivity index (χ4v) is 2.14. The predicted molar refractivity (Wildman–Crippen MR) is 51.4 cm³/mol. The minimum atomic E-state index is -3.24. The minimum absolute atomic E-state index is 0.172. The monoisotopic (exact) mass is 207 g/mol. The summed E-state index contributed by atoms with van der Waals surface area (Å²) < 4.78 is 26.8. The van der Waals surface area contributed by atoms with Crippen LogP contribution in [0.1, 0.15) is 19.3 Å². The highest BCUT2D eigenvalue weighted by Gasteiger charge is 2.28. The molecule has 1 aliphatic carbocycles. The van der Waals surface area contributed by atoms with Gasteiger partial charge >= 0.3 is 0 Å². The molecule has 0 bridgehead atoms. The third kappa shape index (κ3) is 3.60. The molecule has 0 amide bonds. The maximum Gasteiger partial charge on any atom is 0.279 e. The van der Waals surface area contributed by atoms with E-state index in [-0.39, 0.29) is 6.04 Å². The summed E-state index contributed by atoms with van der Waals surface area (Å²) in [5, 5.41) is 0. The molecule has 1 fully saturated rings. The molecule has 0 aromatic carbocycles. The Labute approximate surface area is 79.5 Å². The van der Waals surface area contributed by atoms with E-state index in [1.807, 2.05) is 0 Å². The highest BCUT2D eigenvalue weighted by molar-refractivity contribution is 7.87. The second kappa shape index (κ2) is 4.36. The number of rotatable bonds is 6. The van der Waals surface area contributed by atoms with Crippen LogP contribution in [0.15, 0.2) is 0 Å². The molecule has 0 aromatic rings. The maximum atomic E-state index is 11.5. The van der Waals surface area contributed by atoms with Gasteiger partial charge in [-0.2, -0.15) is 17.4 Å². The molecule has 13 heavy (non-hydrogen) atoms. The van der Waals surface area contributed by atoms with Crippen LogP contribution in [0.3, 0.4) is 0 Å². The standard InChI is InChI=1S/C7H17N3O2S/c1-10(6-2-5-8)13(11,12)9-7-3-4-7/h7,9H,2-6,8H2,1H3. The predicted octanol–water partition coefficient (Wildman–Crippen LogP) is -0.736. The zero-order valence-corrected chi connectivity index (χ0v) is 8.68. The van der Waals surface area contributed by atoms with Crippen molar-refractivity contribution in [2.45, 2.75) is 25.3 Å². The molecule has 78 valence electrons. The maximum absolute atomic E-state index is 11.5. The van der Waals surface area contributed by atoms with Gasteiger partial charge in [0.1, 0.15) is 0 Å². The first-order valence-corrected chi connectivity index (χ1v) is 5.94. The Morgan fingerprint density at radius 1 is 1.54 bits per heavy atom. The molecule has 0 unspecified atom stereocenters. The Morgan fingerprint density at radius 2 is 2.15 bits per heavy atom. The van der Waals surface area contributed by atoms with E-state index in [9.17, 15) is 8.42 Å². The molecule has 6 heteroatoms. The van der Waals surface area contributed by atoms with Gasteiger partial charge in [0.2, 0.25) is 0 Å². The lowest BCUT2D eigenvalue weighted by Gasteiger charge is -2.16. The molecule has 3 N–H and O–H groups in total. The van der Waals surface area contributed by atoms with Gasteiger partial charge in [-0.25, -0.2) is 0 Å². The Morgan fingerprint density at radius 3 is 2.62 bits per heavy atom. The summed E-state index contributed by atoms with van der Waals surface area (Å²) in [5.74, 6) is 0. The van der Waals surface area contributed by atoms with Crippen LogP contribution in [0.5, 0.6) is 0 Å². The van der Waals surface area contributed by atoms with Crippen LogP contribution in [0.25, 0.3) is 0 Å². The van der Waals surface area contributed by atoms with Gasteiger partial charge in [0.25, 0.3) is 10.2 Å². The van der Waals surface area contributed by atoms with Crippen LogP contribution in [-0.2, 0) is 10.2 Å². The van der Waals surface area contributed by atoms with Crippen LogP contribution in [0.4, 0.5) is 0 Å². The topological polar surface area (TPSA) is 75.4 Å². The van der Waals surface area contributed by atoms with Crippen LogP contribution >= 0.6 is 0 Å². The van der Waals surface area contributed by atoms with Crippen molar-refractivity contribution in [1.82, 2.24) is 9.03 Å². The molecule has 0 aromatic heterocycles. The lowest BCUT2D eigenvalue weighted by molar-refractivity contribution is 0.452. The second-order valence-corrected chi connectivity index (χ2v) is 5.17. The number of nitrogens with zero attached hydrogens (tertiary/aromatic N) is 1. The van der Waals surface area contributed by atoms with E-state index < -0.39 is 10.2 Å². The molecule has 0 radical (unpaired) electrons. The fourth-order valence-electron chi connectivity index (χ4n) is 0.936. The molecular formula is C7H17N3O2S. The molecule has 0 atom stereocenters. The van der Waals surface area contributed by atoms with Gasteiger partial charge in [0.05, 0.1) is 0 Å². The lowest BCUT2D eigenvalue weighted by atomic mass is 10.4. The molecule has 1 aliphatic rings. The summed E-state index contributed by atoms with van der Waals surface area (Å²) in [6.45, 7) is 1.00. The van der Waals surface area contributed by atoms with Gasteiger partial charge < -0.3 is 5.73 Å². The number of nitrogens with one attached hydrogen (secondary N) is 1. The number of hydrogen-bond acceptors (Lipinski definition) is 3. The van der Waals surface area contributed by atoms with E-state index in [1.54, 1.807) is 7.05 Å². The molecular weight excluding hydrogens is 190 g/mol. The van der Waals surface area contributed by atoms with Crippen molar-refractivity contribution in [3.05, 3.63) is 0 Å². The average Bonchev–Trinajstić information content (AvgIpc) is 2.83. The van der Waals surface area contributed by atoms with Crippen molar-refractivity contribution in [3.63, 3.8) is 0 Å². The van der Waals surface area contributed by atoms with E-state index in [2.05, 4.69) is 4.72 Å². The summed E-state index contributed by atoms with van der Waals surface area (Å²) in [7, 11) is -1.67. The first-order valence-electron chi connectivity index (χ1n) is 4.50. The van der Waals surface area contributed by atoms with Gasteiger partial charge in [-0.05, 0) is 25.8 Å². The summed E-state index contributed by atoms with van der Waals surface area (Å²) in [6, 6.07) is 0.172. The number of hydrogen-bond donors (Lipinski definition) is 2. The van der Waals surface area contributed by atoms with Gasteiger partial charge in [0, 0.05) is 19.6 Å². The quantitative estimate of drug-likeness (QED) is 0.602. The Bertz CT molecular complexity index is 248. The van der Waals surface area contributed by atoms with Crippen LogP contribution < -0.4 is 10.5 Å². The van der Waals surface area contributed by atoms with Crippen molar-refractivity contribution in [2.75, 3.05) is 20.1 Å². The molecule has 0 saturated heterocycles. The molecule has 0 aliphatic heterocycles. The normalized spacial score (nSPS) is 18.1. The van der Waals surface area contributed by atoms with Crippen molar-refractivity contribution < 1.29 is 8.42 Å². The summed E-state index contributed by atoms with van der Waals surface area (Å²) in [5.41, 5.74) is 5.29. The third-order valence-corrected chi connectivity index (χ3v) is 3.61. The number of nitrogens with two attached hydrogens (primary N) is 1. The molecule has 1 rings (SSSR count). The Hall–Kier alpha value is -0.170. The smallest absolute Gasteiger partial charge is 0.279 e. The lowest BCUT2D eigenvalue weighted by Crippen LogP contribution is -2.40. The fraction of sp³-hybridized carbons (Fsp3) is 1.00. The Balaban J connectivity index is 2.37. The van der Waals surface area contributed by atoms with Gasteiger partial charge in [0.15, 0.2) is 0 Å². The Kier molecular flexibility index (Phi) is 3.66. The SMILES string of the molecule is CN(CCCN)S(=O)(=O)NC1CC1. The van der Waals surface area contributed by atoms with Gasteiger partial charge in [-0.3, -0.25) is 0 Å².